The highest BCUT2D eigenvalue weighted by atomic mass is 16.5. The van der Waals surface area contributed by atoms with Crippen LogP contribution in [0.4, 0.5) is 0 Å². The SMILES string of the molecule is C=Cc1c(C)c2cc(OC)ccc2oc1=O. The maximum Gasteiger partial charge on any atom is 0.343 e. The lowest BCUT2D eigenvalue weighted by Crippen LogP contribution is -2.05. The second kappa shape index (κ2) is 3.85. The molecule has 3 nitrogen and oxygen atoms in total. The minimum Gasteiger partial charge on any atom is -0.497 e. The van der Waals surface area contributed by atoms with Gasteiger partial charge in [-0.15, -0.1) is 0 Å². The van der Waals surface area contributed by atoms with Gasteiger partial charge in [-0.1, -0.05) is 12.7 Å². The van der Waals surface area contributed by atoms with Crippen LogP contribution in [-0.4, -0.2) is 7.11 Å². The Morgan fingerprint density at radius 3 is 2.81 bits per heavy atom. The van der Waals surface area contributed by atoms with Gasteiger partial charge in [0.15, 0.2) is 0 Å². The summed E-state index contributed by atoms with van der Waals surface area (Å²) in [6, 6.07) is 5.34. The number of methoxy groups -OCH3 is 1. The summed E-state index contributed by atoms with van der Waals surface area (Å²) in [5.41, 5.74) is 1.57. The Labute approximate surface area is 93.0 Å². The summed E-state index contributed by atoms with van der Waals surface area (Å²) < 4.78 is 10.3. The van der Waals surface area contributed by atoms with Gasteiger partial charge in [-0.25, -0.2) is 4.79 Å². The fourth-order valence-electron chi connectivity index (χ4n) is 1.71. The van der Waals surface area contributed by atoms with Crippen molar-refractivity contribution in [3.8, 4) is 5.75 Å². The maximum atomic E-state index is 11.6. The molecule has 16 heavy (non-hydrogen) atoms. The molecule has 0 saturated heterocycles. The van der Waals surface area contributed by atoms with Crippen LogP contribution in [0.1, 0.15) is 11.1 Å². The van der Waals surface area contributed by atoms with Gasteiger partial charge in [0.2, 0.25) is 0 Å². The number of rotatable bonds is 2. The minimum absolute atomic E-state index is 0.356. The lowest BCUT2D eigenvalue weighted by molar-refractivity contribution is 0.415. The Morgan fingerprint density at radius 2 is 2.19 bits per heavy atom. The molecule has 0 N–H and O–H groups in total. The van der Waals surface area contributed by atoms with Crippen molar-refractivity contribution in [1.29, 1.82) is 0 Å². The van der Waals surface area contributed by atoms with E-state index in [2.05, 4.69) is 6.58 Å². The molecule has 0 aliphatic carbocycles. The van der Waals surface area contributed by atoms with Gasteiger partial charge in [-0.3, -0.25) is 0 Å². The lowest BCUT2D eigenvalue weighted by atomic mass is 10.1. The second-order valence-electron chi connectivity index (χ2n) is 3.49. The number of benzene rings is 1. The average Bonchev–Trinajstić information content (AvgIpc) is 2.29. The van der Waals surface area contributed by atoms with Crippen molar-refractivity contribution < 1.29 is 9.15 Å². The first-order valence-electron chi connectivity index (χ1n) is 4.91. The van der Waals surface area contributed by atoms with Crippen LogP contribution in [0.5, 0.6) is 5.75 Å². The predicted molar refractivity (Wildman–Crippen MR) is 63.9 cm³/mol. The number of hydrogen-bond donors (Lipinski definition) is 0. The van der Waals surface area contributed by atoms with E-state index in [1.165, 1.54) is 6.08 Å². The quantitative estimate of drug-likeness (QED) is 0.724. The van der Waals surface area contributed by atoms with Crippen molar-refractivity contribution in [1.82, 2.24) is 0 Å². The van der Waals surface area contributed by atoms with Crippen molar-refractivity contribution in [2.45, 2.75) is 6.92 Å². The minimum atomic E-state index is -0.356. The molecular weight excluding hydrogens is 204 g/mol. The monoisotopic (exact) mass is 216 g/mol. The van der Waals surface area contributed by atoms with Crippen LogP contribution in [-0.2, 0) is 0 Å². The predicted octanol–water partition coefficient (Wildman–Crippen LogP) is 2.75. The summed E-state index contributed by atoms with van der Waals surface area (Å²) >= 11 is 0. The van der Waals surface area contributed by atoms with Gasteiger partial charge < -0.3 is 9.15 Å². The summed E-state index contributed by atoms with van der Waals surface area (Å²) in [5, 5.41) is 0.869. The van der Waals surface area contributed by atoms with Gasteiger partial charge in [-0.2, -0.15) is 0 Å². The van der Waals surface area contributed by atoms with Gasteiger partial charge in [0, 0.05) is 5.39 Å². The van der Waals surface area contributed by atoms with Crippen LogP contribution in [0.2, 0.25) is 0 Å². The number of hydrogen-bond acceptors (Lipinski definition) is 3. The normalized spacial score (nSPS) is 10.4. The van der Waals surface area contributed by atoms with Crippen molar-refractivity contribution in [3.63, 3.8) is 0 Å². The van der Waals surface area contributed by atoms with Crippen molar-refractivity contribution in [3.05, 3.63) is 46.3 Å². The summed E-state index contributed by atoms with van der Waals surface area (Å²) in [6.45, 7) is 5.48. The molecule has 0 fully saturated rings. The van der Waals surface area contributed by atoms with Gasteiger partial charge in [-0.05, 0) is 30.7 Å². The first kappa shape index (κ1) is 10.5. The third kappa shape index (κ3) is 1.50. The molecule has 0 bridgehead atoms. The molecule has 1 aromatic carbocycles. The van der Waals surface area contributed by atoms with Crippen LogP contribution in [0.25, 0.3) is 17.0 Å². The van der Waals surface area contributed by atoms with Crippen molar-refractivity contribution in [2.75, 3.05) is 7.11 Å². The Bertz CT molecular complexity index is 608. The lowest BCUT2D eigenvalue weighted by Gasteiger charge is -2.06. The third-order valence-corrected chi connectivity index (χ3v) is 2.62. The van der Waals surface area contributed by atoms with Gasteiger partial charge in [0.1, 0.15) is 11.3 Å². The van der Waals surface area contributed by atoms with E-state index >= 15 is 0 Å². The van der Waals surface area contributed by atoms with E-state index in [-0.39, 0.29) is 5.63 Å². The summed E-state index contributed by atoms with van der Waals surface area (Å²) in [7, 11) is 1.60. The highest BCUT2D eigenvalue weighted by Crippen LogP contribution is 2.24. The van der Waals surface area contributed by atoms with E-state index in [4.69, 9.17) is 9.15 Å². The van der Waals surface area contributed by atoms with Gasteiger partial charge in [0.05, 0.1) is 12.7 Å². The van der Waals surface area contributed by atoms with E-state index < -0.39 is 0 Å². The zero-order valence-electron chi connectivity index (χ0n) is 9.24. The molecule has 2 aromatic rings. The molecule has 2 rings (SSSR count). The third-order valence-electron chi connectivity index (χ3n) is 2.62. The number of ether oxygens (including phenoxy) is 1. The zero-order chi connectivity index (χ0) is 11.7. The summed E-state index contributed by atoms with van der Waals surface area (Å²) in [4.78, 5) is 11.6. The van der Waals surface area contributed by atoms with Crippen molar-refractivity contribution in [2.24, 2.45) is 0 Å². The smallest absolute Gasteiger partial charge is 0.343 e. The summed E-state index contributed by atoms with van der Waals surface area (Å²) in [5.74, 6) is 0.736. The molecule has 0 amide bonds. The molecule has 3 heteroatoms. The van der Waals surface area contributed by atoms with Crippen LogP contribution in [0, 0.1) is 6.92 Å². The molecule has 0 atom stereocenters. The van der Waals surface area contributed by atoms with Crippen LogP contribution in [0.3, 0.4) is 0 Å². The van der Waals surface area contributed by atoms with Crippen LogP contribution in [0.15, 0.2) is 34.0 Å². The molecular formula is C13H12O3. The highest BCUT2D eigenvalue weighted by Gasteiger charge is 2.09. The Kier molecular flexibility index (Phi) is 2.52. The number of fused-ring (bicyclic) bond motifs is 1. The van der Waals surface area contributed by atoms with E-state index in [1.54, 1.807) is 19.2 Å². The molecule has 1 heterocycles. The largest absolute Gasteiger partial charge is 0.497 e. The molecule has 0 aliphatic heterocycles. The van der Waals surface area contributed by atoms with Crippen molar-refractivity contribution >= 4 is 17.0 Å². The van der Waals surface area contributed by atoms with E-state index in [1.807, 2.05) is 13.0 Å². The van der Waals surface area contributed by atoms with Crippen LogP contribution < -0.4 is 10.4 Å². The Morgan fingerprint density at radius 1 is 1.44 bits per heavy atom. The Hall–Kier alpha value is -2.03. The molecule has 1 aromatic heterocycles. The van der Waals surface area contributed by atoms with E-state index in [0.717, 1.165) is 16.7 Å². The standard InChI is InChI=1S/C13H12O3/c1-4-10-8(2)11-7-9(15-3)5-6-12(11)16-13(10)14/h4-7H,1H2,2-3H3. The fraction of sp³-hybridized carbons (Fsp3) is 0.154. The van der Waals surface area contributed by atoms with Gasteiger partial charge in [0.25, 0.3) is 0 Å². The fourth-order valence-corrected chi connectivity index (χ4v) is 1.71. The van der Waals surface area contributed by atoms with Crippen LogP contribution >= 0.6 is 0 Å². The zero-order valence-corrected chi connectivity index (χ0v) is 9.24. The molecule has 0 spiro atoms. The van der Waals surface area contributed by atoms with Gasteiger partial charge >= 0.3 is 5.63 Å². The highest BCUT2D eigenvalue weighted by molar-refractivity contribution is 5.84. The maximum absolute atomic E-state index is 11.6. The van der Waals surface area contributed by atoms with E-state index in [9.17, 15) is 4.79 Å². The molecule has 0 unspecified atom stereocenters. The topological polar surface area (TPSA) is 39.4 Å². The average molecular weight is 216 g/mol. The first-order valence-corrected chi connectivity index (χ1v) is 4.91. The first-order chi connectivity index (χ1) is 7.67. The molecule has 82 valence electrons. The molecule has 0 saturated carbocycles. The molecule has 0 aliphatic rings. The number of aryl methyl sites for hydroxylation is 1. The Balaban J connectivity index is 2.89. The molecule has 0 radical (unpaired) electrons. The van der Waals surface area contributed by atoms with E-state index in [0.29, 0.717) is 11.1 Å². The second-order valence-corrected chi connectivity index (χ2v) is 3.49. The summed E-state index contributed by atoms with van der Waals surface area (Å²) in [6.07, 6.45) is 1.51.